The third kappa shape index (κ3) is 2.33. The van der Waals surface area contributed by atoms with Crippen molar-refractivity contribution in [2.45, 2.75) is 11.4 Å². The maximum absolute atomic E-state index is 12.7. The highest BCUT2D eigenvalue weighted by Gasteiger charge is 2.39. The van der Waals surface area contributed by atoms with Gasteiger partial charge in [0.2, 0.25) is 0 Å². The predicted octanol–water partition coefficient (Wildman–Crippen LogP) is 1.23. The van der Waals surface area contributed by atoms with Crippen LogP contribution in [0.1, 0.15) is 6.42 Å². The van der Waals surface area contributed by atoms with E-state index in [-0.39, 0.29) is 23.3 Å². The van der Waals surface area contributed by atoms with Crippen LogP contribution >= 0.6 is 22.9 Å². The largest absolute Gasteiger partial charge is 0.469 e. The molecule has 114 valence electrons. The van der Waals surface area contributed by atoms with Gasteiger partial charge in [-0.15, -0.1) is 11.3 Å². The Morgan fingerprint density at radius 3 is 3.05 bits per heavy atom. The third-order valence-corrected chi connectivity index (χ3v) is 6.47. The number of fused-ring (bicyclic) bond motifs is 1. The lowest BCUT2D eigenvalue weighted by atomic mass is 10.1. The number of hydrogen-bond donors (Lipinski definition) is 0. The van der Waals surface area contributed by atoms with Crippen LogP contribution in [-0.2, 0) is 19.6 Å². The van der Waals surface area contributed by atoms with Gasteiger partial charge in [0.1, 0.15) is 0 Å². The van der Waals surface area contributed by atoms with Gasteiger partial charge in [0, 0.05) is 24.7 Å². The minimum Gasteiger partial charge on any atom is -0.469 e. The number of nitrogens with zero attached hydrogens (tertiary/aromatic N) is 3. The van der Waals surface area contributed by atoms with Crippen LogP contribution in [0.4, 0.5) is 0 Å². The van der Waals surface area contributed by atoms with Crippen LogP contribution < -0.4 is 0 Å². The fourth-order valence-electron chi connectivity index (χ4n) is 2.40. The van der Waals surface area contributed by atoms with Crippen molar-refractivity contribution in [1.82, 2.24) is 13.7 Å². The number of carbonyl (C=O) groups excluding carboxylic acids is 1. The van der Waals surface area contributed by atoms with E-state index >= 15 is 0 Å². The second-order valence-corrected chi connectivity index (χ2v) is 7.72. The monoisotopic (exact) mass is 349 g/mol. The zero-order valence-electron chi connectivity index (χ0n) is 11.0. The lowest BCUT2D eigenvalue weighted by molar-refractivity contribution is -0.144. The van der Waals surface area contributed by atoms with E-state index in [0.717, 1.165) is 0 Å². The van der Waals surface area contributed by atoms with Crippen molar-refractivity contribution in [1.29, 1.82) is 0 Å². The van der Waals surface area contributed by atoms with Crippen LogP contribution in [0.2, 0.25) is 5.15 Å². The van der Waals surface area contributed by atoms with E-state index in [0.29, 0.717) is 11.4 Å². The molecule has 1 unspecified atom stereocenters. The van der Waals surface area contributed by atoms with Gasteiger partial charge in [-0.3, -0.25) is 9.20 Å². The van der Waals surface area contributed by atoms with E-state index in [9.17, 15) is 13.2 Å². The maximum Gasteiger partial charge on any atom is 0.310 e. The average Bonchev–Trinajstić information content (AvgIpc) is 3.11. The molecular formula is C11H12ClN3O4S2. The molecule has 1 aliphatic heterocycles. The topological polar surface area (TPSA) is 81.0 Å². The van der Waals surface area contributed by atoms with E-state index in [1.54, 1.807) is 11.6 Å². The molecule has 3 rings (SSSR count). The van der Waals surface area contributed by atoms with Gasteiger partial charge in [0.05, 0.1) is 13.0 Å². The van der Waals surface area contributed by atoms with Crippen LogP contribution in [0, 0.1) is 5.92 Å². The Morgan fingerprint density at radius 2 is 2.33 bits per heavy atom. The lowest BCUT2D eigenvalue weighted by Crippen LogP contribution is -2.31. The van der Waals surface area contributed by atoms with E-state index in [1.165, 1.54) is 27.2 Å². The Morgan fingerprint density at radius 1 is 1.57 bits per heavy atom. The Labute approximate surface area is 130 Å². The summed E-state index contributed by atoms with van der Waals surface area (Å²) in [5, 5.41) is 1.63. The first kappa shape index (κ1) is 14.8. The second kappa shape index (κ2) is 5.24. The highest BCUT2D eigenvalue weighted by molar-refractivity contribution is 7.89. The van der Waals surface area contributed by atoms with E-state index in [2.05, 4.69) is 9.72 Å². The van der Waals surface area contributed by atoms with Gasteiger partial charge in [0.15, 0.2) is 15.1 Å². The van der Waals surface area contributed by atoms with Crippen molar-refractivity contribution < 1.29 is 17.9 Å². The van der Waals surface area contributed by atoms with Gasteiger partial charge in [-0.1, -0.05) is 11.6 Å². The molecule has 0 spiro atoms. The molecule has 0 bridgehead atoms. The Balaban J connectivity index is 1.96. The summed E-state index contributed by atoms with van der Waals surface area (Å²) in [6.07, 6.45) is 2.05. The highest BCUT2D eigenvalue weighted by atomic mass is 35.5. The molecule has 0 aromatic carbocycles. The fourth-order valence-corrected chi connectivity index (χ4v) is 5.30. The first-order valence-corrected chi connectivity index (χ1v) is 8.84. The number of sulfonamides is 1. The quantitative estimate of drug-likeness (QED) is 0.778. The summed E-state index contributed by atoms with van der Waals surface area (Å²) in [7, 11) is -2.50. The molecule has 2 aromatic heterocycles. The number of esters is 1. The van der Waals surface area contributed by atoms with Crippen LogP contribution in [0.15, 0.2) is 16.6 Å². The molecule has 0 N–H and O–H groups in total. The molecule has 3 heterocycles. The SMILES string of the molecule is COC(=O)C1CCN(S(=O)(=O)c2c(Cl)nc3sccn23)C1. The average molecular weight is 350 g/mol. The first-order valence-electron chi connectivity index (χ1n) is 6.14. The van der Waals surface area contributed by atoms with Crippen molar-refractivity contribution in [2.24, 2.45) is 5.92 Å². The molecule has 21 heavy (non-hydrogen) atoms. The zero-order valence-corrected chi connectivity index (χ0v) is 13.4. The number of imidazole rings is 1. The molecular weight excluding hydrogens is 338 g/mol. The van der Waals surface area contributed by atoms with Crippen molar-refractivity contribution in [3.05, 3.63) is 16.7 Å². The molecule has 1 saturated heterocycles. The molecule has 1 atom stereocenters. The van der Waals surface area contributed by atoms with Gasteiger partial charge in [-0.2, -0.15) is 4.31 Å². The normalized spacial score (nSPS) is 20.2. The Bertz CT molecular complexity index is 798. The van der Waals surface area contributed by atoms with Gasteiger partial charge < -0.3 is 4.74 Å². The van der Waals surface area contributed by atoms with E-state index < -0.39 is 21.9 Å². The molecule has 0 amide bonds. The molecule has 10 heteroatoms. The maximum atomic E-state index is 12.7. The van der Waals surface area contributed by atoms with Crippen molar-refractivity contribution >= 4 is 43.9 Å². The number of carbonyl (C=O) groups is 1. The smallest absolute Gasteiger partial charge is 0.310 e. The van der Waals surface area contributed by atoms with Crippen molar-refractivity contribution in [3.8, 4) is 0 Å². The summed E-state index contributed by atoms with van der Waals surface area (Å²) in [6, 6.07) is 0. The summed E-state index contributed by atoms with van der Waals surface area (Å²) in [5.74, 6) is -0.831. The molecule has 0 aliphatic carbocycles. The predicted molar refractivity (Wildman–Crippen MR) is 77.0 cm³/mol. The summed E-state index contributed by atoms with van der Waals surface area (Å²) in [5.41, 5.74) is 0. The number of thiazole rings is 1. The Hall–Kier alpha value is -1.16. The fraction of sp³-hybridized carbons (Fsp3) is 0.455. The second-order valence-electron chi connectivity index (χ2n) is 4.64. The number of halogens is 1. The number of hydrogen-bond acceptors (Lipinski definition) is 6. The minimum atomic E-state index is -3.80. The summed E-state index contributed by atoms with van der Waals surface area (Å²) in [6.45, 7) is 0.360. The number of aromatic nitrogens is 2. The molecule has 7 nitrogen and oxygen atoms in total. The van der Waals surface area contributed by atoms with Gasteiger partial charge in [-0.25, -0.2) is 13.4 Å². The molecule has 1 fully saturated rings. The molecule has 1 aliphatic rings. The standard InChI is InChI=1S/C11H12ClN3O4S2/c1-19-10(16)7-2-3-14(6-7)21(17,18)9-8(12)13-11-15(9)4-5-20-11/h4-5,7H,2-3,6H2,1H3. The third-order valence-electron chi connectivity index (χ3n) is 3.45. The van der Waals surface area contributed by atoms with Crippen molar-refractivity contribution in [2.75, 3.05) is 20.2 Å². The first-order chi connectivity index (χ1) is 9.95. The van der Waals surface area contributed by atoms with E-state index in [1.807, 2.05) is 0 Å². The number of methoxy groups -OCH3 is 1. The van der Waals surface area contributed by atoms with Crippen LogP contribution in [0.25, 0.3) is 4.96 Å². The summed E-state index contributed by atoms with van der Waals surface area (Å²) < 4.78 is 32.8. The molecule has 0 saturated carbocycles. The minimum absolute atomic E-state index is 0.0501. The van der Waals surface area contributed by atoms with Crippen LogP contribution in [-0.4, -0.2) is 48.3 Å². The number of rotatable bonds is 3. The van der Waals surface area contributed by atoms with E-state index in [4.69, 9.17) is 11.6 Å². The van der Waals surface area contributed by atoms with Gasteiger partial charge in [0.25, 0.3) is 10.0 Å². The Kier molecular flexibility index (Phi) is 3.68. The lowest BCUT2D eigenvalue weighted by Gasteiger charge is -2.15. The zero-order chi connectivity index (χ0) is 15.2. The number of ether oxygens (including phenoxy) is 1. The molecule has 0 radical (unpaired) electrons. The van der Waals surface area contributed by atoms with Gasteiger partial charge in [-0.05, 0) is 6.42 Å². The molecule has 2 aromatic rings. The summed E-state index contributed by atoms with van der Waals surface area (Å²) >= 11 is 7.28. The van der Waals surface area contributed by atoms with Crippen molar-refractivity contribution in [3.63, 3.8) is 0 Å². The van der Waals surface area contributed by atoms with Gasteiger partial charge >= 0.3 is 5.97 Å². The van der Waals surface area contributed by atoms with Crippen LogP contribution in [0.3, 0.4) is 0 Å². The highest BCUT2D eigenvalue weighted by Crippen LogP contribution is 2.31. The van der Waals surface area contributed by atoms with Crippen LogP contribution in [0.5, 0.6) is 0 Å². The summed E-state index contributed by atoms with van der Waals surface area (Å²) in [4.78, 5) is 16.1.